The van der Waals surface area contributed by atoms with Crippen molar-refractivity contribution in [3.05, 3.63) is 23.8 Å². The quantitative estimate of drug-likeness (QED) is 0.784. The van der Waals surface area contributed by atoms with Gasteiger partial charge in [0.1, 0.15) is 17.1 Å². The standard InChI is InChI=1S/C15H17F3O3/c1-14(2)9-12(19)11-5-4-10(8-13(11)21-14)20-7-3-6-15(16,17)18/h4-5,8H,3,6-7,9H2,1-2H3. The van der Waals surface area contributed by atoms with Gasteiger partial charge in [-0.1, -0.05) is 0 Å². The van der Waals surface area contributed by atoms with E-state index in [1.54, 1.807) is 18.2 Å². The summed E-state index contributed by atoms with van der Waals surface area (Å²) in [4.78, 5) is 11.9. The fourth-order valence-electron chi connectivity index (χ4n) is 2.19. The number of benzene rings is 1. The van der Waals surface area contributed by atoms with E-state index in [1.165, 1.54) is 0 Å². The van der Waals surface area contributed by atoms with E-state index >= 15 is 0 Å². The molecule has 0 spiro atoms. The summed E-state index contributed by atoms with van der Waals surface area (Å²) in [6, 6.07) is 4.72. The van der Waals surface area contributed by atoms with E-state index in [-0.39, 0.29) is 18.8 Å². The minimum absolute atomic E-state index is 0.00938. The highest BCUT2D eigenvalue weighted by Gasteiger charge is 2.32. The number of fused-ring (bicyclic) bond motifs is 1. The van der Waals surface area contributed by atoms with Gasteiger partial charge in [0.15, 0.2) is 5.78 Å². The minimum atomic E-state index is -4.17. The molecule has 0 amide bonds. The van der Waals surface area contributed by atoms with Gasteiger partial charge >= 0.3 is 6.18 Å². The first kappa shape index (κ1) is 15.7. The van der Waals surface area contributed by atoms with Gasteiger partial charge in [0.25, 0.3) is 0 Å². The Morgan fingerprint density at radius 1 is 1.33 bits per heavy atom. The molecule has 1 heterocycles. The minimum Gasteiger partial charge on any atom is -0.493 e. The number of rotatable bonds is 4. The molecule has 21 heavy (non-hydrogen) atoms. The maximum absolute atomic E-state index is 12.0. The van der Waals surface area contributed by atoms with Crippen LogP contribution in [0.2, 0.25) is 0 Å². The summed E-state index contributed by atoms with van der Waals surface area (Å²) in [7, 11) is 0. The van der Waals surface area contributed by atoms with Crippen LogP contribution < -0.4 is 9.47 Å². The molecule has 0 fully saturated rings. The van der Waals surface area contributed by atoms with Gasteiger partial charge in [0.05, 0.1) is 18.6 Å². The van der Waals surface area contributed by atoms with Crippen molar-refractivity contribution in [1.29, 1.82) is 0 Å². The predicted molar refractivity (Wildman–Crippen MR) is 70.9 cm³/mol. The SMILES string of the molecule is CC1(C)CC(=O)c2ccc(OCCCC(F)(F)F)cc2O1. The van der Waals surface area contributed by atoms with Crippen LogP contribution in [0.25, 0.3) is 0 Å². The molecule has 0 aliphatic carbocycles. The molecule has 0 N–H and O–H groups in total. The average molecular weight is 302 g/mol. The molecule has 1 aliphatic rings. The summed E-state index contributed by atoms with van der Waals surface area (Å²) in [6.45, 7) is 3.59. The fraction of sp³-hybridized carbons (Fsp3) is 0.533. The van der Waals surface area contributed by atoms with Crippen molar-refractivity contribution >= 4 is 5.78 Å². The molecule has 2 rings (SSSR count). The van der Waals surface area contributed by atoms with E-state index in [0.717, 1.165) is 0 Å². The lowest BCUT2D eigenvalue weighted by atomic mass is 9.93. The molecule has 1 aromatic rings. The molecule has 0 atom stereocenters. The number of ether oxygens (including phenoxy) is 2. The Morgan fingerprint density at radius 3 is 2.71 bits per heavy atom. The third kappa shape index (κ3) is 4.37. The maximum atomic E-state index is 12.0. The molecule has 116 valence electrons. The number of halogens is 3. The van der Waals surface area contributed by atoms with Crippen LogP contribution >= 0.6 is 0 Å². The topological polar surface area (TPSA) is 35.5 Å². The van der Waals surface area contributed by atoms with Crippen LogP contribution in [0.3, 0.4) is 0 Å². The highest BCUT2D eigenvalue weighted by molar-refractivity contribution is 6.00. The van der Waals surface area contributed by atoms with E-state index in [9.17, 15) is 18.0 Å². The molecule has 1 aromatic carbocycles. The van der Waals surface area contributed by atoms with Gasteiger partial charge in [-0.3, -0.25) is 4.79 Å². The third-order valence-corrected chi connectivity index (χ3v) is 3.10. The summed E-state index contributed by atoms with van der Waals surface area (Å²) in [5.74, 6) is 0.816. The van der Waals surface area contributed by atoms with Gasteiger partial charge in [-0.25, -0.2) is 0 Å². The molecule has 0 bridgehead atoms. The molecule has 1 aliphatic heterocycles. The molecule has 6 heteroatoms. The average Bonchev–Trinajstić information content (AvgIpc) is 2.31. The van der Waals surface area contributed by atoms with E-state index < -0.39 is 18.2 Å². The van der Waals surface area contributed by atoms with E-state index in [4.69, 9.17) is 9.47 Å². The van der Waals surface area contributed by atoms with Crippen molar-refractivity contribution in [1.82, 2.24) is 0 Å². The van der Waals surface area contributed by atoms with Crippen LogP contribution in [0.4, 0.5) is 13.2 Å². The van der Waals surface area contributed by atoms with Crippen molar-refractivity contribution in [2.24, 2.45) is 0 Å². The molecule has 0 saturated carbocycles. The first-order chi connectivity index (χ1) is 9.66. The lowest BCUT2D eigenvalue weighted by molar-refractivity contribution is -0.136. The van der Waals surface area contributed by atoms with Gasteiger partial charge in [0, 0.05) is 12.5 Å². The largest absolute Gasteiger partial charge is 0.493 e. The van der Waals surface area contributed by atoms with Gasteiger partial charge in [-0.05, 0) is 32.4 Å². The van der Waals surface area contributed by atoms with Crippen LogP contribution in [-0.2, 0) is 0 Å². The molecule has 0 unspecified atom stereocenters. The third-order valence-electron chi connectivity index (χ3n) is 3.10. The van der Waals surface area contributed by atoms with Gasteiger partial charge in [-0.15, -0.1) is 0 Å². The van der Waals surface area contributed by atoms with Crippen molar-refractivity contribution in [2.75, 3.05) is 6.61 Å². The van der Waals surface area contributed by atoms with Crippen LogP contribution in [0, 0.1) is 0 Å². The Morgan fingerprint density at radius 2 is 2.05 bits per heavy atom. The van der Waals surface area contributed by atoms with Crippen molar-refractivity contribution in [3.8, 4) is 11.5 Å². The Hall–Kier alpha value is -1.72. The Kier molecular flexibility index (Phi) is 4.16. The Labute approximate surface area is 121 Å². The fourth-order valence-corrected chi connectivity index (χ4v) is 2.19. The second-order valence-electron chi connectivity index (χ2n) is 5.69. The lowest BCUT2D eigenvalue weighted by Gasteiger charge is -2.31. The molecular weight excluding hydrogens is 285 g/mol. The number of hydrogen-bond acceptors (Lipinski definition) is 3. The number of ketones is 1. The summed E-state index contributed by atoms with van der Waals surface area (Å²) < 4.78 is 47.1. The van der Waals surface area contributed by atoms with E-state index in [1.807, 2.05) is 13.8 Å². The summed E-state index contributed by atoms with van der Waals surface area (Å²) in [5.41, 5.74) is -0.101. The van der Waals surface area contributed by atoms with Crippen molar-refractivity contribution < 1.29 is 27.4 Å². The molecule has 0 radical (unpaired) electrons. The predicted octanol–water partition coefficient (Wildman–Crippen LogP) is 4.15. The maximum Gasteiger partial charge on any atom is 0.389 e. The monoisotopic (exact) mass is 302 g/mol. The van der Waals surface area contributed by atoms with Gasteiger partial charge < -0.3 is 9.47 Å². The van der Waals surface area contributed by atoms with Gasteiger partial charge in [0.2, 0.25) is 0 Å². The highest BCUT2D eigenvalue weighted by atomic mass is 19.4. The number of hydrogen-bond donors (Lipinski definition) is 0. The first-order valence-corrected chi connectivity index (χ1v) is 6.72. The van der Waals surface area contributed by atoms with Crippen LogP contribution in [0.15, 0.2) is 18.2 Å². The lowest BCUT2D eigenvalue weighted by Crippen LogP contribution is -2.35. The highest BCUT2D eigenvalue weighted by Crippen LogP contribution is 2.35. The smallest absolute Gasteiger partial charge is 0.389 e. The second-order valence-corrected chi connectivity index (χ2v) is 5.69. The molecule has 0 saturated heterocycles. The zero-order valence-electron chi connectivity index (χ0n) is 11.9. The Bertz CT molecular complexity index is 535. The van der Waals surface area contributed by atoms with Crippen LogP contribution in [-0.4, -0.2) is 24.2 Å². The van der Waals surface area contributed by atoms with Gasteiger partial charge in [-0.2, -0.15) is 13.2 Å². The number of Topliss-reactive ketones (excluding diaryl/α,β-unsaturated/α-hetero) is 1. The number of alkyl halides is 3. The first-order valence-electron chi connectivity index (χ1n) is 6.72. The Balaban J connectivity index is 1.99. The summed E-state index contributed by atoms with van der Waals surface area (Å²) >= 11 is 0. The van der Waals surface area contributed by atoms with Crippen molar-refractivity contribution in [3.63, 3.8) is 0 Å². The number of carbonyl (C=O) groups excluding carboxylic acids is 1. The summed E-state index contributed by atoms with van der Waals surface area (Å²) in [5, 5.41) is 0. The zero-order chi connectivity index (χ0) is 15.7. The number of carbonyl (C=O) groups is 1. The van der Waals surface area contributed by atoms with E-state index in [0.29, 0.717) is 23.5 Å². The normalized spacial score (nSPS) is 17.1. The van der Waals surface area contributed by atoms with Crippen LogP contribution in [0.1, 0.15) is 43.5 Å². The molecule has 3 nitrogen and oxygen atoms in total. The molecule has 0 aromatic heterocycles. The van der Waals surface area contributed by atoms with Crippen LogP contribution in [0.5, 0.6) is 11.5 Å². The summed E-state index contributed by atoms with van der Waals surface area (Å²) in [6.07, 6.45) is -4.85. The van der Waals surface area contributed by atoms with E-state index in [2.05, 4.69) is 0 Å². The van der Waals surface area contributed by atoms with Crippen molar-refractivity contribution in [2.45, 2.75) is 44.9 Å². The second kappa shape index (κ2) is 5.58. The zero-order valence-corrected chi connectivity index (χ0v) is 11.9. The molecular formula is C15H17F3O3.